The molecule has 10 nitrogen and oxygen atoms in total. The predicted molar refractivity (Wildman–Crippen MR) is 115 cm³/mol. The van der Waals surface area contributed by atoms with E-state index in [0.717, 1.165) is 25.7 Å². The van der Waals surface area contributed by atoms with Crippen molar-refractivity contribution in [2.75, 3.05) is 35.0 Å². The molecule has 0 bridgehead atoms. The number of nitrogens with zero attached hydrogens (tertiary/aromatic N) is 4. The zero-order valence-corrected chi connectivity index (χ0v) is 21.9. The van der Waals surface area contributed by atoms with E-state index in [4.69, 9.17) is 31.9 Å². The monoisotopic (exact) mass is 537 g/mol. The summed E-state index contributed by atoms with van der Waals surface area (Å²) in [5, 5.41) is 23.8. The molecule has 0 unspecified atom stereocenters. The first kappa shape index (κ1) is 39.7. The molecule has 168 valence electrons. The van der Waals surface area contributed by atoms with Crippen molar-refractivity contribution < 1.29 is 52.9 Å². The summed E-state index contributed by atoms with van der Waals surface area (Å²) in [6.45, 7) is 7.79. The number of hydrogen-bond donors (Lipinski definition) is 1. The second-order valence-electron chi connectivity index (χ2n) is 4.95. The summed E-state index contributed by atoms with van der Waals surface area (Å²) < 4.78 is 32.9. The Balaban J connectivity index is -0.0000000924. The van der Waals surface area contributed by atoms with Crippen LogP contribution < -0.4 is 34.8 Å². The first-order valence-electron chi connectivity index (χ1n) is 7.94. The van der Waals surface area contributed by atoms with Gasteiger partial charge in [-0.2, -0.15) is 14.9 Å². The Bertz CT molecular complexity index is 727. The van der Waals surface area contributed by atoms with Crippen molar-refractivity contribution in [2.45, 2.75) is 40.0 Å². The maximum absolute atomic E-state index is 11.4. The van der Waals surface area contributed by atoms with Gasteiger partial charge in [0.1, 0.15) is 0 Å². The fraction of sp³-hybridized carbons (Fsp3) is 0.750. The Morgan fingerprint density at radius 3 is 1.77 bits per heavy atom. The molecule has 2 fully saturated rings. The standard InChI is InChI=1S/C6H10N2OS.C4H9NOS.C2H2BrN.C2H3N.CH2O3.CH4.Na/c1-7-6-8-10(9)4-2-3-5-10;5-7(6)3-1-2-4-7;3-1-2-4;1-2-3;2-1-4-3;;/h2-6H2;5H,1-4H2;1H2;1H3;1,3H;1H4;/q;;;;;;+1/p-1. The largest absolute Gasteiger partial charge is 1.00 e. The van der Waals surface area contributed by atoms with Crippen molar-refractivity contribution in [3.8, 4) is 12.1 Å². The molecular weight excluding hydrogens is 509 g/mol. The first-order valence-corrected chi connectivity index (χ1v) is 12.8. The molecule has 0 spiro atoms. The van der Waals surface area contributed by atoms with Crippen LogP contribution in [0, 0.1) is 34.0 Å². The van der Waals surface area contributed by atoms with Gasteiger partial charge >= 0.3 is 36.2 Å². The van der Waals surface area contributed by atoms with E-state index in [-0.39, 0.29) is 50.1 Å². The second-order valence-corrected chi connectivity index (χ2v) is 10.6. The molecule has 2 heterocycles. The zero-order valence-electron chi connectivity index (χ0n) is 16.7. The fourth-order valence-electron chi connectivity index (χ4n) is 1.79. The number of nitrogens with one attached hydrogen (secondary N) is 1. The van der Waals surface area contributed by atoms with Crippen LogP contribution in [0.1, 0.15) is 40.0 Å². The number of carbonyl (C=O) groups excluding carboxylic acids is 1. The summed E-state index contributed by atoms with van der Waals surface area (Å²) in [4.78, 5) is 14.3. The zero-order chi connectivity index (χ0) is 22.3. The molecule has 0 aromatic rings. The molecule has 2 saturated heterocycles. The van der Waals surface area contributed by atoms with Crippen LogP contribution in [0.5, 0.6) is 0 Å². The summed E-state index contributed by atoms with van der Waals surface area (Å²) in [7, 11) is -3.95. The number of hydrogen-bond acceptors (Lipinski definition) is 9. The number of rotatable bonds is 2. The quantitative estimate of drug-likeness (QED) is 0.123. The van der Waals surface area contributed by atoms with Crippen LogP contribution in [-0.4, -0.2) is 49.9 Å². The van der Waals surface area contributed by atoms with Crippen LogP contribution in [0.4, 0.5) is 0 Å². The topological polar surface area (TPSA) is 172 Å². The third-order valence-corrected chi connectivity index (χ3v) is 7.42. The fourth-order valence-corrected chi connectivity index (χ4v) is 5.38. The van der Waals surface area contributed by atoms with Crippen molar-refractivity contribution in [3.63, 3.8) is 0 Å². The third-order valence-electron chi connectivity index (χ3n) is 2.84. The Kier molecular flexibility index (Phi) is 37.4. The molecule has 0 aliphatic carbocycles. The van der Waals surface area contributed by atoms with Gasteiger partial charge in [-0.3, -0.25) is 14.4 Å². The first-order chi connectivity index (χ1) is 13.2. The molecule has 30 heavy (non-hydrogen) atoms. The summed E-state index contributed by atoms with van der Waals surface area (Å²) in [5.74, 6) is 2.71. The van der Waals surface area contributed by atoms with Crippen LogP contribution in [-0.2, 0) is 29.1 Å². The van der Waals surface area contributed by atoms with E-state index < -0.39 is 19.5 Å². The van der Waals surface area contributed by atoms with E-state index in [1.807, 2.05) is 6.07 Å². The van der Waals surface area contributed by atoms with Gasteiger partial charge < -0.3 is 10.1 Å². The molecule has 14 heteroatoms. The van der Waals surface area contributed by atoms with Gasteiger partial charge in [0.15, 0.2) is 0 Å². The number of halogens is 1. The van der Waals surface area contributed by atoms with Gasteiger partial charge in [0.2, 0.25) is 0 Å². The molecule has 0 saturated carbocycles. The molecule has 2 rings (SSSR count). The molecule has 0 atom stereocenters. The van der Waals surface area contributed by atoms with Gasteiger partial charge in [0.05, 0.1) is 27.2 Å². The van der Waals surface area contributed by atoms with Gasteiger partial charge in [-0.05, 0) is 25.7 Å². The SMILES string of the molecule is C.CC#N.N#CCBr.N=S1(=O)CCCC1.O=CO[O-].[C-]#[N+]CN=S1(=O)CCCC1.[Na+]. The van der Waals surface area contributed by atoms with E-state index >= 15 is 0 Å². The van der Waals surface area contributed by atoms with Crippen LogP contribution in [0.3, 0.4) is 0 Å². The molecular formula is C16H29BrN5NaO5S2. The molecule has 0 amide bonds. The van der Waals surface area contributed by atoms with E-state index in [1.165, 1.54) is 6.92 Å². The maximum atomic E-state index is 11.4. The number of nitriles is 2. The number of alkyl halides is 1. The van der Waals surface area contributed by atoms with Crippen molar-refractivity contribution in [1.82, 2.24) is 0 Å². The van der Waals surface area contributed by atoms with Gasteiger partial charge in [-0.25, -0.2) is 15.0 Å². The van der Waals surface area contributed by atoms with Crippen LogP contribution in [0.15, 0.2) is 4.36 Å². The molecule has 0 aromatic carbocycles. The third kappa shape index (κ3) is 32.0. The van der Waals surface area contributed by atoms with Crippen molar-refractivity contribution in [2.24, 2.45) is 4.36 Å². The minimum Gasteiger partial charge on any atom is -0.662 e. The maximum Gasteiger partial charge on any atom is 1.00 e. The van der Waals surface area contributed by atoms with Crippen molar-refractivity contribution >= 4 is 41.9 Å². The molecule has 1 N–H and O–H groups in total. The Morgan fingerprint density at radius 1 is 1.23 bits per heavy atom. The summed E-state index contributed by atoms with van der Waals surface area (Å²) in [6.07, 6.45) is 4.03. The van der Waals surface area contributed by atoms with Crippen LogP contribution in [0.2, 0.25) is 0 Å². The average Bonchev–Trinajstić information content (AvgIpc) is 3.29. The number of carbonyl (C=O) groups is 1. The summed E-state index contributed by atoms with van der Waals surface area (Å²) >= 11 is 2.89. The Morgan fingerprint density at radius 2 is 1.57 bits per heavy atom. The van der Waals surface area contributed by atoms with Crippen LogP contribution in [0.25, 0.3) is 4.85 Å². The molecule has 2 aliphatic heterocycles. The Labute approximate surface area is 211 Å². The minimum atomic E-state index is -2.05. The summed E-state index contributed by atoms with van der Waals surface area (Å²) in [6, 6.07) is 3.60. The van der Waals surface area contributed by atoms with E-state index in [1.54, 1.807) is 6.07 Å². The van der Waals surface area contributed by atoms with Crippen LogP contribution >= 0.6 is 15.9 Å². The van der Waals surface area contributed by atoms with Crippen molar-refractivity contribution in [3.05, 3.63) is 11.4 Å². The molecule has 0 aromatic heterocycles. The predicted octanol–water partition coefficient (Wildman–Crippen LogP) is -0.538. The van der Waals surface area contributed by atoms with Gasteiger partial charge in [0.25, 0.3) is 6.47 Å². The Hall–Kier alpha value is -0.720. The normalized spacial score (nSPS) is 15.5. The van der Waals surface area contributed by atoms with E-state index in [0.29, 0.717) is 28.3 Å². The van der Waals surface area contributed by atoms with Gasteiger partial charge in [-0.15, -0.1) is 0 Å². The molecule has 2 aliphatic rings. The smallest absolute Gasteiger partial charge is 0.662 e. The van der Waals surface area contributed by atoms with E-state index in [2.05, 4.69) is 30.0 Å². The second kappa shape index (κ2) is 28.3. The van der Waals surface area contributed by atoms with Gasteiger partial charge in [0, 0.05) is 39.7 Å². The summed E-state index contributed by atoms with van der Waals surface area (Å²) in [5.41, 5.74) is 0. The average molecular weight is 538 g/mol. The van der Waals surface area contributed by atoms with Gasteiger partial charge in [-0.1, -0.05) is 23.4 Å². The molecule has 0 radical (unpaired) electrons. The van der Waals surface area contributed by atoms with Crippen molar-refractivity contribution in [1.29, 1.82) is 15.3 Å². The van der Waals surface area contributed by atoms with E-state index in [9.17, 15) is 8.42 Å². The minimum absolute atomic E-state index is 0.